The van der Waals surface area contributed by atoms with Crippen LogP contribution in [0.4, 0.5) is 11.4 Å². The van der Waals surface area contributed by atoms with Gasteiger partial charge in [0.15, 0.2) is 0 Å². The summed E-state index contributed by atoms with van der Waals surface area (Å²) in [5.74, 6) is -1.14. The van der Waals surface area contributed by atoms with Crippen LogP contribution in [0.5, 0.6) is 0 Å². The quantitative estimate of drug-likeness (QED) is 0.606. The number of non-ortho nitro benzene ring substituents is 1. The number of carboxylic acid groups (broad SMARTS) is 1. The minimum atomic E-state index is -1.14. The molecule has 104 valence electrons. The Balaban J connectivity index is 3.24. The van der Waals surface area contributed by atoms with Crippen LogP contribution in [0.3, 0.4) is 0 Å². The molecule has 1 aromatic carbocycles. The number of hydrogen-bond donors (Lipinski definition) is 1. The second kappa shape index (κ2) is 6.72. The van der Waals surface area contributed by atoms with Crippen molar-refractivity contribution in [2.45, 2.75) is 26.7 Å². The molecule has 0 aliphatic heterocycles. The van der Waals surface area contributed by atoms with Crippen LogP contribution in [0.2, 0.25) is 0 Å². The highest BCUT2D eigenvalue weighted by molar-refractivity contribution is 5.95. The van der Waals surface area contributed by atoms with Crippen molar-refractivity contribution in [1.82, 2.24) is 0 Å². The van der Waals surface area contributed by atoms with Gasteiger partial charge in [-0.05, 0) is 18.9 Å². The molecule has 1 rings (SSSR count). The number of hydrogen-bond acceptors (Lipinski definition) is 4. The lowest BCUT2D eigenvalue weighted by molar-refractivity contribution is -0.384. The summed E-state index contributed by atoms with van der Waals surface area (Å²) in [5, 5.41) is 19.9. The maximum Gasteiger partial charge on any atom is 0.338 e. The minimum absolute atomic E-state index is 0.0175. The number of carbonyl (C=O) groups is 1. The van der Waals surface area contributed by atoms with E-state index in [0.717, 1.165) is 32.0 Å². The van der Waals surface area contributed by atoms with E-state index in [1.54, 1.807) is 0 Å². The molecule has 0 unspecified atom stereocenters. The second-order valence-corrected chi connectivity index (χ2v) is 4.25. The lowest BCUT2D eigenvalue weighted by Crippen LogP contribution is -2.26. The molecule has 0 saturated heterocycles. The molecule has 0 aromatic heterocycles. The Morgan fingerprint density at radius 2 is 1.89 bits per heavy atom. The largest absolute Gasteiger partial charge is 0.478 e. The van der Waals surface area contributed by atoms with Crippen molar-refractivity contribution in [2.75, 3.05) is 18.0 Å². The summed E-state index contributed by atoms with van der Waals surface area (Å²) in [6, 6.07) is 3.99. The average Bonchev–Trinajstić information content (AvgIpc) is 2.37. The smallest absolute Gasteiger partial charge is 0.338 e. The van der Waals surface area contributed by atoms with Gasteiger partial charge in [-0.2, -0.15) is 0 Å². The number of carboxylic acids is 1. The highest BCUT2D eigenvalue weighted by Crippen LogP contribution is 2.26. The van der Waals surface area contributed by atoms with Gasteiger partial charge < -0.3 is 10.0 Å². The normalized spacial score (nSPS) is 10.2. The first-order valence-electron chi connectivity index (χ1n) is 6.27. The maximum atomic E-state index is 11.3. The van der Waals surface area contributed by atoms with Crippen molar-refractivity contribution in [2.24, 2.45) is 0 Å². The predicted octanol–water partition coefficient (Wildman–Crippen LogP) is 2.92. The van der Waals surface area contributed by atoms with Gasteiger partial charge in [0.25, 0.3) is 5.69 Å². The van der Waals surface area contributed by atoms with Crippen molar-refractivity contribution in [3.8, 4) is 0 Å². The first-order chi connectivity index (χ1) is 9.01. The van der Waals surface area contributed by atoms with E-state index >= 15 is 0 Å². The Morgan fingerprint density at radius 1 is 1.32 bits per heavy atom. The third kappa shape index (κ3) is 3.67. The Bertz CT molecular complexity index is 468. The zero-order chi connectivity index (χ0) is 14.4. The van der Waals surface area contributed by atoms with Gasteiger partial charge in [0, 0.05) is 25.2 Å². The summed E-state index contributed by atoms with van der Waals surface area (Å²) >= 11 is 0. The first kappa shape index (κ1) is 14.9. The number of nitro benzene ring substituents is 1. The van der Waals surface area contributed by atoms with Crippen LogP contribution in [0.25, 0.3) is 0 Å². The summed E-state index contributed by atoms with van der Waals surface area (Å²) < 4.78 is 0. The fraction of sp³-hybridized carbons (Fsp3) is 0.462. The van der Waals surface area contributed by atoms with Gasteiger partial charge in [-0.3, -0.25) is 10.1 Å². The molecule has 1 N–H and O–H groups in total. The number of rotatable bonds is 7. The molecule has 6 heteroatoms. The minimum Gasteiger partial charge on any atom is -0.478 e. The van der Waals surface area contributed by atoms with E-state index in [1.165, 1.54) is 12.1 Å². The van der Waals surface area contributed by atoms with E-state index in [0.29, 0.717) is 5.69 Å². The molecule has 6 nitrogen and oxygen atoms in total. The van der Waals surface area contributed by atoms with Crippen LogP contribution in [0, 0.1) is 10.1 Å². The lowest BCUT2D eigenvalue weighted by Gasteiger charge is -2.25. The number of nitro groups is 1. The summed E-state index contributed by atoms with van der Waals surface area (Å²) in [6.45, 7) is 5.47. The van der Waals surface area contributed by atoms with Crippen molar-refractivity contribution in [3.63, 3.8) is 0 Å². The van der Waals surface area contributed by atoms with Gasteiger partial charge >= 0.3 is 5.97 Å². The third-order valence-corrected chi connectivity index (χ3v) is 2.75. The van der Waals surface area contributed by atoms with Crippen LogP contribution in [-0.2, 0) is 0 Å². The van der Waals surface area contributed by atoms with Gasteiger partial charge in [-0.15, -0.1) is 0 Å². The van der Waals surface area contributed by atoms with Crippen molar-refractivity contribution >= 4 is 17.3 Å². The lowest BCUT2D eigenvalue weighted by atomic mass is 10.1. The summed E-state index contributed by atoms with van der Waals surface area (Å²) in [5.41, 5.74) is 0.326. The van der Waals surface area contributed by atoms with Crippen LogP contribution >= 0.6 is 0 Å². The molecule has 0 amide bonds. The molecule has 0 radical (unpaired) electrons. The standard InChI is InChI=1S/C13H18N2O4/c1-3-7-14(8-4-2)12-6-5-10(15(18)19)9-11(12)13(16)17/h5-6,9H,3-4,7-8H2,1-2H3,(H,16,17). The Kier molecular flexibility index (Phi) is 5.29. The molecule has 0 spiro atoms. The van der Waals surface area contributed by atoms with Crippen LogP contribution in [-0.4, -0.2) is 29.1 Å². The molecule has 19 heavy (non-hydrogen) atoms. The third-order valence-electron chi connectivity index (χ3n) is 2.75. The van der Waals surface area contributed by atoms with Crippen LogP contribution < -0.4 is 4.90 Å². The van der Waals surface area contributed by atoms with Crippen LogP contribution in [0.1, 0.15) is 37.0 Å². The number of anilines is 1. The van der Waals surface area contributed by atoms with E-state index in [4.69, 9.17) is 0 Å². The molecule has 0 heterocycles. The predicted molar refractivity (Wildman–Crippen MR) is 72.9 cm³/mol. The molecule has 0 saturated carbocycles. The van der Waals surface area contributed by atoms with E-state index in [-0.39, 0.29) is 11.3 Å². The monoisotopic (exact) mass is 266 g/mol. The SMILES string of the molecule is CCCN(CCC)c1ccc([N+](=O)[O-])cc1C(=O)O. The van der Waals surface area contributed by atoms with Crippen LogP contribution in [0.15, 0.2) is 18.2 Å². The topological polar surface area (TPSA) is 83.7 Å². The van der Waals surface area contributed by atoms with Crippen molar-refractivity contribution < 1.29 is 14.8 Å². The van der Waals surface area contributed by atoms with E-state index in [1.807, 2.05) is 18.7 Å². The fourth-order valence-corrected chi connectivity index (χ4v) is 1.98. The number of nitrogens with zero attached hydrogens (tertiary/aromatic N) is 2. The average molecular weight is 266 g/mol. The Morgan fingerprint density at radius 3 is 2.32 bits per heavy atom. The molecule has 0 aliphatic carbocycles. The fourth-order valence-electron chi connectivity index (χ4n) is 1.98. The molecule has 0 bridgehead atoms. The van der Waals surface area contributed by atoms with Gasteiger partial charge in [-0.25, -0.2) is 4.79 Å². The zero-order valence-electron chi connectivity index (χ0n) is 11.1. The molecule has 0 fully saturated rings. The van der Waals surface area contributed by atoms with E-state index in [2.05, 4.69) is 0 Å². The Labute approximate surface area is 111 Å². The Hall–Kier alpha value is -2.11. The molecule has 1 aromatic rings. The zero-order valence-corrected chi connectivity index (χ0v) is 11.1. The van der Waals surface area contributed by atoms with Crippen molar-refractivity contribution in [3.05, 3.63) is 33.9 Å². The molecule has 0 aliphatic rings. The maximum absolute atomic E-state index is 11.3. The highest BCUT2D eigenvalue weighted by Gasteiger charge is 2.19. The first-order valence-corrected chi connectivity index (χ1v) is 6.27. The van der Waals surface area contributed by atoms with Gasteiger partial charge in [0.2, 0.25) is 0 Å². The molecular weight excluding hydrogens is 248 g/mol. The summed E-state index contributed by atoms with van der Waals surface area (Å²) in [6.07, 6.45) is 1.77. The molecule has 0 atom stereocenters. The number of benzene rings is 1. The number of aromatic carboxylic acids is 1. The summed E-state index contributed by atoms with van der Waals surface area (Å²) in [4.78, 5) is 23.3. The van der Waals surface area contributed by atoms with Crippen molar-refractivity contribution in [1.29, 1.82) is 0 Å². The van der Waals surface area contributed by atoms with E-state index in [9.17, 15) is 20.0 Å². The second-order valence-electron chi connectivity index (χ2n) is 4.25. The highest BCUT2D eigenvalue weighted by atomic mass is 16.6. The van der Waals surface area contributed by atoms with Gasteiger partial charge in [-0.1, -0.05) is 13.8 Å². The summed E-state index contributed by atoms with van der Waals surface area (Å²) in [7, 11) is 0. The molecular formula is C13H18N2O4. The van der Waals surface area contributed by atoms with E-state index < -0.39 is 10.9 Å². The van der Waals surface area contributed by atoms with Gasteiger partial charge in [0.05, 0.1) is 16.2 Å². The van der Waals surface area contributed by atoms with Gasteiger partial charge in [0.1, 0.15) is 0 Å².